The van der Waals surface area contributed by atoms with Gasteiger partial charge in [-0.15, -0.1) is 8.78 Å². The zero-order chi connectivity index (χ0) is 26.8. The van der Waals surface area contributed by atoms with Gasteiger partial charge < -0.3 is 19.3 Å². The van der Waals surface area contributed by atoms with Gasteiger partial charge in [0.2, 0.25) is 0 Å². The number of alkyl halides is 2. The molecule has 1 aromatic rings. The van der Waals surface area contributed by atoms with E-state index in [2.05, 4.69) is 5.10 Å². The molecule has 0 bridgehead atoms. The van der Waals surface area contributed by atoms with Crippen LogP contribution in [0.3, 0.4) is 0 Å². The van der Waals surface area contributed by atoms with E-state index in [1.54, 1.807) is 65.8 Å². The molecule has 4 atom stereocenters. The molecule has 1 fully saturated rings. The van der Waals surface area contributed by atoms with Crippen molar-refractivity contribution < 1.29 is 42.4 Å². The number of amides is 1. The van der Waals surface area contributed by atoms with E-state index in [4.69, 9.17) is 14.2 Å². The topological polar surface area (TPSA) is 101 Å². The highest BCUT2D eigenvalue weighted by molar-refractivity contribution is 5.90. The molecular formula is C25H34F2N3O6+. The highest BCUT2D eigenvalue weighted by atomic mass is 19.3. The Hall–Kier alpha value is -3.08. The highest BCUT2D eigenvalue weighted by Crippen LogP contribution is 2.28. The lowest BCUT2D eigenvalue weighted by Gasteiger charge is -2.29. The average molecular weight is 511 g/mol. The molecule has 1 saturated heterocycles. The Morgan fingerprint density at radius 1 is 1.11 bits per heavy atom. The molecule has 2 aliphatic heterocycles. The standard InChI is InChI=1S/C25H34F2N3O6/c1-24(2,3)35-22(32)29-14-19(34-23(33)36-25(4,5)6)20(31)18(29)11-15-7-9-16(10-8-15)17-12-28-30(13-17)21(26)27/h7-10,12-13,17-21,31H,11,14H2,1-6H3/q+1/t17?,18-,19+,20+/m1/s1. The van der Waals surface area contributed by atoms with Gasteiger partial charge in [-0.2, -0.15) is 0 Å². The Balaban J connectivity index is 1.76. The SMILES string of the molecule is CC(C)(C)OC(=O)O[C@H]1CN(C(=O)OC(C)(C)C)[C@H](Cc2ccc(C3C=N[N+](C(F)F)=C3)cc2)[C@@H]1O. The van der Waals surface area contributed by atoms with Crippen LogP contribution in [-0.2, 0) is 20.6 Å². The number of hydrazone groups is 1. The van der Waals surface area contributed by atoms with Crippen molar-refractivity contribution in [3.8, 4) is 0 Å². The third-order valence-electron chi connectivity index (χ3n) is 5.50. The molecular weight excluding hydrogens is 476 g/mol. The molecule has 0 radical (unpaired) electrons. The maximum atomic E-state index is 12.9. The number of carbonyl (C=O) groups is 2. The summed E-state index contributed by atoms with van der Waals surface area (Å²) in [5.41, 5.74) is 0.0206. The number of ether oxygens (including phenoxy) is 3. The molecule has 11 heteroatoms. The van der Waals surface area contributed by atoms with E-state index in [-0.39, 0.29) is 18.9 Å². The molecule has 1 unspecified atom stereocenters. The minimum atomic E-state index is -2.70. The number of benzene rings is 1. The fourth-order valence-corrected chi connectivity index (χ4v) is 3.93. The van der Waals surface area contributed by atoms with E-state index in [0.29, 0.717) is 4.68 Å². The molecule has 1 N–H and O–H groups in total. The van der Waals surface area contributed by atoms with Crippen molar-refractivity contribution in [3.05, 3.63) is 35.4 Å². The van der Waals surface area contributed by atoms with Crippen LogP contribution in [0.2, 0.25) is 0 Å². The van der Waals surface area contributed by atoms with E-state index in [0.717, 1.165) is 11.1 Å². The summed E-state index contributed by atoms with van der Waals surface area (Å²) in [6.45, 7) is 7.52. The summed E-state index contributed by atoms with van der Waals surface area (Å²) < 4.78 is 42.3. The average Bonchev–Trinajstić information content (AvgIpc) is 3.33. The van der Waals surface area contributed by atoms with Crippen LogP contribution >= 0.6 is 0 Å². The lowest BCUT2D eigenvalue weighted by Crippen LogP contribution is -2.43. The molecule has 0 aliphatic carbocycles. The molecule has 2 aliphatic rings. The van der Waals surface area contributed by atoms with Crippen LogP contribution in [0.5, 0.6) is 0 Å². The maximum Gasteiger partial charge on any atom is 0.509 e. The van der Waals surface area contributed by atoms with Crippen molar-refractivity contribution in [1.82, 2.24) is 4.90 Å². The van der Waals surface area contributed by atoms with E-state index in [1.807, 2.05) is 0 Å². The largest absolute Gasteiger partial charge is 0.509 e. The first-order chi connectivity index (χ1) is 16.6. The first-order valence-corrected chi connectivity index (χ1v) is 11.7. The number of rotatable bonds is 5. The maximum absolute atomic E-state index is 12.9. The minimum Gasteiger partial charge on any atom is -0.444 e. The third-order valence-corrected chi connectivity index (χ3v) is 5.50. The Morgan fingerprint density at radius 2 is 1.72 bits per heavy atom. The molecule has 0 aromatic heterocycles. The number of hydrogen-bond acceptors (Lipinski definition) is 7. The van der Waals surface area contributed by atoms with Crippen LogP contribution in [-0.4, -0.2) is 81.9 Å². The number of hydrogen-bond donors (Lipinski definition) is 1. The Labute approximate surface area is 209 Å². The number of nitrogens with zero attached hydrogens (tertiary/aromatic N) is 3. The Bertz CT molecular complexity index is 1010. The molecule has 1 amide bonds. The predicted molar refractivity (Wildman–Crippen MR) is 128 cm³/mol. The molecule has 36 heavy (non-hydrogen) atoms. The Morgan fingerprint density at radius 3 is 2.25 bits per heavy atom. The molecule has 0 spiro atoms. The first-order valence-electron chi connectivity index (χ1n) is 11.7. The van der Waals surface area contributed by atoms with E-state index in [9.17, 15) is 23.5 Å². The molecule has 198 valence electrons. The van der Waals surface area contributed by atoms with Gasteiger partial charge in [-0.1, -0.05) is 24.3 Å². The zero-order valence-corrected chi connectivity index (χ0v) is 21.4. The van der Waals surface area contributed by atoms with Crippen LogP contribution in [0.25, 0.3) is 0 Å². The fraction of sp³-hybridized carbons (Fsp3) is 0.600. The van der Waals surface area contributed by atoms with Crippen molar-refractivity contribution in [1.29, 1.82) is 0 Å². The van der Waals surface area contributed by atoms with Gasteiger partial charge in [-0.3, -0.25) is 4.90 Å². The van der Waals surface area contributed by atoms with Gasteiger partial charge in [0.1, 0.15) is 23.2 Å². The summed E-state index contributed by atoms with van der Waals surface area (Å²) in [7, 11) is 0. The van der Waals surface area contributed by atoms with Gasteiger partial charge in [0.15, 0.2) is 12.3 Å². The molecule has 0 saturated carbocycles. The van der Waals surface area contributed by atoms with Crippen LogP contribution < -0.4 is 0 Å². The van der Waals surface area contributed by atoms with Crippen molar-refractivity contribution in [2.45, 2.75) is 89.9 Å². The smallest absolute Gasteiger partial charge is 0.444 e. The highest BCUT2D eigenvalue weighted by Gasteiger charge is 2.47. The minimum absolute atomic E-state index is 0.0605. The molecule has 9 nitrogen and oxygen atoms in total. The van der Waals surface area contributed by atoms with Gasteiger partial charge in [0.25, 0.3) is 0 Å². The fourth-order valence-electron chi connectivity index (χ4n) is 3.93. The predicted octanol–water partition coefficient (Wildman–Crippen LogP) is 3.92. The van der Waals surface area contributed by atoms with Gasteiger partial charge in [-0.25, -0.2) is 9.59 Å². The summed E-state index contributed by atoms with van der Waals surface area (Å²) >= 11 is 0. The summed E-state index contributed by atoms with van der Waals surface area (Å²) in [5.74, 6) is -0.380. The first kappa shape index (κ1) is 27.5. The number of halogens is 2. The molecule has 3 rings (SSSR count). The summed E-state index contributed by atoms with van der Waals surface area (Å²) in [6.07, 6.45) is -0.731. The van der Waals surface area contributed by atoms with Crippen molar-refractivity contribution in [3.63, 3.8) is 0 Å². The number of aliphatic hydroxyl groups excluding tert-OH is 1. The number of aliphatic hydroxyl groups is 1. The van der Waals surface area contributed by atoms with Gasteiger partial charge in [0.05, 0.1) is 18.8 Å². The monoisotopic (exact) mass is 510 g/mol. The second kappa shape index (κ2) is 10.5. The normalized spacial score (nSPS) is 24.2. The lowest BCUT2D eigenvalue weighted by atomic mass is 9.96. The van der Waals surface area contributed by atoms with Crippen molar-refractivity contribution in [2.75, 3.05) is 6.54 Å². The lowest BCUT2D eigenvalue weighted by molar-refractivity contribution is -0.622. The number of likely N-dealkylation sites (tertiary alicyclic amines) is 1. The summed E-state index contributed by atoms with van der Waals surface area (Å²) in [6, 6.07) is 6.43. The van der Waals surface area contributed by atoms with E-state index in [1.165, 1.54) is 17.3 Å². The van der Waals surface area contributed by atoms with Crippen LogP contribution in [0.15, 0.2) is 29.4 Å². The second-order valence-electron chi connectivity index (χ2n) is 10.9. The third kappa shape index (κ3) is 7.22. The van der Waals surface area contributed by atoms with Crippen molar-refractivity contribution >= 4 is 24.7 Å². The second-order valence-corrected chi connectivity index (χ2v) is 10.9. The molecule has 1 aromatic carbocycles. The van der Waals surface area contributed by atoms with Gasteiger partial charge >= 0.3 is 18.8 Å². The summed E-state index contributed by atoms with van der Waals surface area (Å²) in [5, 5.41) is 14.7. The number of carbonyl (C=O) groups excluding carboxylic acids is 2. The molecule has 2 heterocycles. The van der Waals surface area contributed by atoms with Gasteiger partial charge in [0, 0.05) is 0 Å². The van der Waals surface area contributed by atoms with E-state index >= 15 is 0 Å². The van der Waals surface area contributed by atoms with Crippen LogP contribution in [0.4, 0.5) is 18.4 Å². The van der Waals surface area contributed by atoms with Crippen molar-refractivity contribution in [2.24, 2.45) is 5.10 Å². The zero-order valence-electron chi connectivity index (χ0n) is 21.4. The summed E-state index contributed by atoms with van der Waals surface area (Å²) in [4.78, 5) is 26.5. The van der Waals surface area contributed by atoms with Gasteiger partial charge in [-0.05, 0) is 68.9 Å². The Kier molecular flexibility index (Phi) is 8.02. The van der Waals surface area contributed by atoms with E-state index < -0.39 is 48.2 Å². The van der Waals surface area contributed by atoms with Crippen LogP contribution in [0.1, 0.15) is 58.6 Å². The van der Waals surface area contributed by atoms with Crippen LogP contribution in [0, 0.1) is 0 Å². The quantitative estimate of drug-likeness (QED) is 0.366.